The predicted octanol–water partition coefficient (Wildman–Crippen LogP) is 5.17. The van der Waals surface area contributed by atoms with Crippen molar-refractivity contribution < 1.29 is 22.4 Å². The van der Waals surface area contributed by atoms with E-state index in [9.17, 15) is 18.0 Å². The molecule has 158 valence electrons. The van der Waals surface area contributed by atoms with E-state index < -0.39 is 12.7 Å². The summed E-state index contributed by atoms with van der Waals surface area (Å²) in [6, 6.07) is 9.38. The van der Waals surface area contributed by atoms with Crippen molar-refractivity contribution in [2.45, 2.75) is 18.6 Å². The zero-order chi connectivity index (χ0) is 21.5. The Morgan fingerprint density at radius 2 is 1.93 bits per heavy atom. The van der Waals surface area contributed by atoms with Gasteiger partial charge in [0, 0.05) is 40.3 Å². The minimum absolute atomic E-state index is 0.162. The molecule has 30 heavy (non-hydrogen) atoms. The van der Waals surface area contributed by atoms with Gasteiger partial charge in [0.1, 0.15) is 5.52 Å². The highest BCUT2D eigenvalue weighted by molar-refractivity contribution is 6.35. The quantitative estimate of drug-likeness (QED) is 0.587. The molecule has 0 spiro atoms. The number of fused-ring (bicyclic) bond motifs is 1. The molecule has 0 radical (unpaired) electrons. The number of hydrogen-bond acceptors (Lipinski definition) is 4. The lowest BCUT2D eigenvalue weighted by Crippen LogP contribution is -2.39. The van der Waals surface area contributed by atoms with Gasteiger partial charge in [-0.15, -0.1) is 0 Å². The first kappa shape index (κ1) is 21.0. The normalized spacial score (nSPS) is 17.6. The van der Waals surface area contributed by atoms with Gasteiger partial charge in [-0.3, -0.25) is 9.69 Å². The van der Waals surface area contributed by atoms with Gasteiger partial charge in [-0.1, -0.05) is 23.2 Å². The van der Waals surface area contributed by atoms with Gasteiger partial charge in [0.2, 0.25) is 5.89 Å². The summed E-state index contributed by atoms with van der Waals surface area (Å²) < 4.78 is 43.3. The number of amides is 1. The third-order valence-corrected chi connectivity index (χ3v) is 5.21. The van der Waals surface area contributed by atoms with E-state index in [-0.39, 0.29) is 25.0 Å². The molecule has 4 rings (SSSR count). The van der Waals surface area contributed by atoms with Gasteiger partial charge in [0.05, 0.1) is 6.54 Å². The maximum Gasteiger partial charge on any atom is 0.401 e. The van der Waals surface area contributed by atoms with E-state index in [0.29, 0.717) is 44.6 Å². The Bertz CT molecular complexity index is 1080. The molecular formula is C20H16Cl2F3N3O2. The van der Waals surface area contributed by atoms with Crippen molar-refractivity contribution in [1.29, 1.82) is 0 Å². The molecule has 0 saturated carbocycles. The topological polar surface area (TPSA) is 58.4 Å². The molecule has 5 nitrogen and oxygen atoms in total. The van der Waals surface area contributed by atoms with Gasteiger partial charge in [0.15, 0.2) is 5.58 Å². The van der Waals surface area contributed by atoms with Crippen molar-refractivity contribution in [1.82, 2.24) is 15.2 Å². The van der Waals surface area contributed by atoms with Crippen LogP contribution < -0.4 is 5.32 Å². The van der Waals surface area contributed by atoms with Gasteiger partial charge in [-0.25, -0.2) is 4.98 Å². The molecule has 1 amide bonds. The van der Waals surface area contributed by atoms with Crippen molar-refractivity contribution in [3.8, 4) is 11.5 Å². The fourth-order valence-electron chi connectivity index (χ4n) is 3.48. The van der Waals surface area contributed by atoms with E-state index in [4.69, 9.17) is 27.6 Å². The molecule has 1 saturated heterocycles. The summed E-state index contributed by atoms with van der Waals surface area (Å²) in [5.41, 5.74) is 1.89. The Labute approximate surface area is 179 Å². The van der Waals surface area contributed by atoms with Gasteiger partial charge in [-0.2, -0.15) is 13.2 Å². The highest BCUT2D eigenvalue weighted by atomic mass is 35.5. The predicted molar refractivity (Wildman–Crippen MR) is 108 cm³/mol. The number of likely N-dealkylation sites (tertiary alicyclic amines) is 1. The fraction of sp³-hybridized carbons (Fsp3) is 0.300. The van der Waals surface area contributed by atoms with Crippen LogP contribution in [0.1, 0.15) is 16.8 Å². The standard InChI is InChI=1S/C20H16Cl2F3N3O2/c21-13-5-12(6-14(22)8-13)19-27-16-2-1-11(7-17(16)30-19)18(29)26-15-3-4-28(9-15)10-20(23,24)25/h1-2,5-8,15H,3-4,9-10H2,(H,26,29). The third-order valence-electron chi connectivity index (χ3n) is 4.77. The van der Waals surface area contributed by atoms with E-state index in [1.807, 2.05) is 0 Å². The summed E-state index contributed by atoms with van der Waals surface area (Å²) in [5, 5.41) is 3.67. The molecule has 1 aliphatic heterocycles. The van der Waals surface area contributed by atoms with Crippen molar-refractivity contribution in [3.63, 3.8) is 0 Å². The number of benzene rings is 2. The first-order chi connectivity index (χ1) is 14.2. The van der Waals surface area contributed by atoms with Crippen molar-refractivity contribution in [2.75, 3.05) is 19.6 Å². The Hall–Kier alpha value is -2.29. The summed E-state index contributed by atoms with van der Waals surface area (Å²) in [7, 11) is 0. The summed E-state index contributed by atoms with van der Waals surface area (Å²) in [4.78, 5) is 18.2. The summed E-state index contributed by atoms with van der Waals surface area (Å²) >= 11 is 12.0. The summed E-state index contributed by atoms with van der Waals surface area (Å²) in [6.07, 6.45) is -3.78. The number of carbonyl (C=O) groups excluding carboxylic acids is 1. The number of halogens is 5. The molecular weight excluding hydrogens is 442 g/mol. The lowest BCUT2D eigenvalue weighted by molar-refractivity contribution is -0.143. The zero-order valence-electron chi connectivity index (χ0n) is 15.5. The minimum Gasteiger partial charge on any atom is -0.436 e. The number of nitrogens with zero attached hydrogens (tertiary/aromatic N) is 2. The van der Waals surface area contributed by atoms with Crippen LogP contribution in [0.15, 0.2) is 40.8 Å². The first-order valence-electron chi connectivity index (χ1n) is 9.13. The number of carbonyl (C=O) groups is 1. The van der Waals surface area contributed by atoms with Crippen LogP contribution in [-0.4, -0.2) is 47.6 Å². The molecule has 1 atom stereocenters. The van der Waals surface area contributed by atoms with Crippen LogP contribution in [0.5, 0.6) is 0 Å². The minimum atomic E-state index is -4.25. The van der Waals surface area contributed by atoms with E-state index >= 15 is 0 Å². The molecule has 2 heterocycles. The number of nitrogens with one attached hydrogen (secondary N) is 1. The van der Waals surface area contributed by atoms with E-state index in [2.05, 4.69) is 10.3 Å². The Kier molecular flexibility index (Phi) is 5.65. The van der Waals surface area contributed by atoms with Crippen LogP contribution in [0.25, 0.3) is 22.6 Å². The average molecular weight is 458 g/mol. The highest BCUT2D eigenvalue weighted by Gasteiger charge is 2.34. The molecule has 3 aromatic rings. The first-order valence-corrected chi connectivity index (χ1v) is 9.89. The second-order valence-corrected chi connectivity index (χ2v) is 8.04. The SMILES string of the molecule is O=C(NC1CCN(CC(F)(F)F)C1)c1ccc2nc(-c3cc(Cl)cc(Cl)c3)oc2c1. The maximum absolute atomic E-state index is 12.6. The zero-order valence-corrected chi connectivity index (χ0v) is 17.0. The summed E-state index contributed by atoms with van der Waals surface area (Å²) in [5.74, 6) is -0.0648. The molecule has 1 aliphatic rings. The summed E-state index contributed by atoms with van der Waals surface area (Å²) in [6.45, 7) is -0.522. The van der Waals surface area contributed by atoms with E-state index in [1.165, 1.54) is 4.90 Å². The Morgan fingerprint density at radius 3 is 2.63 bits per heavy atom. The number of oxazole rings is 1. The van der Waals surface area contributed by atoms with Crippen LogP contribution in [-0.2, 0) is 0 Å². The number of aromatic nitrogens is 1. The van der Waals surface area contributed by atoms with Crippen LogP contribution in [0.3, 0.4) is 0 Å². The molecule has 1 N–H and O–H groups in total. The van der Waals surface area contributed by atoms with Crippen molar-refractivity contribution in [3.05, 3.63) is 52.0 Å². The second-order valence-electron chi connectivity index (χ2n) is 7.17. The Balaban J connectivity index is 1.48. The number of rotatable bonds is 4. The number of hydrogen-bond donors (Lipinski definition) is 1. The molecule has 1 fully saturated rings. The van der Waals surface area contributed by atoms with Crippen LogP contribution in [0.2, 0.25) is 10.0 Å². The maximum atomic E-state index is 12.6. The molecule has 0 aliphatic carbocycles. The fourth-order valence-corrected chi connectivity index (χ4v) is 4.01. The van der Waals surface area contributed by atoms with Crippen molar-refractivity contribution in [2.24, 2.45) is 0 Å². The Morgan fingerprint density at radius 1 is 1.20 bits per heavy atom. The lowest BCUT2D eigenvalue weighted by atomic mass is 10.1. The van der Waals surface area contributed by atoms with Crippen molar-refractivity contribution >= 4 is 40.2 Å². The molecule has 0 bridgehead atoms. The highest BCUT2D eigenvalue weighted by Crippen LogP contribution is 2.29. The molecule has 2 aromatic carbocycles. The molecule has 10 heteroatoms. The van der Waals surface area contributed by atoms with Gasteiger partial charge in [-0.05, 0) is 42.8 Å². The van der Waals surface area contributed by atoms with Gasteiger partial charge < -0.3 is 9.73 Å². The van der Waals surface area contributed by atoms with Crippen LogP contribution in [0.4, 0.5) is 13.2 Å². The third kappa shape index (κ3) is 4.88. The lowest BCUT2D eigenvalue weighted by Gasteiger charge is -2.18. The monoisotopic (exact) mass is 457 g/mol. The smallest absolute Gasteiger partial charge is 0.401 e. The molecule has 1 unspecified atom stereocenters. The van der Waals surface area contributed by atoms with Crippen LogP contribution >= 0.6 is 23.2 Å². The van der Waals surface area contributed by atoms with Gasteiger partial charge in [0.25, 0.3) is 5.91 Å². The van der Waals surface area contributed by atoms with E-state index in [1.54, 1.807) is 36.4 Å². The number of alkyl halides is 3. The molecule has 1 aromatic heterocycles. The van der Waals surface area contributed by atoms with Crippen LogP contribution in [0, 0.1) is 0 Å². The average Bonchev–Trinajstić information content (AvgIpc) is 3.25. The van der Waals surface area contributed by atoms with E-state index in [0.717, 1.165) is 0 Å². The second kappa shape index (κ2) is 8.09. The van der Waals surface area contributed by atoms with Gasteiger partial charge >= 0.3 is 6.18 Å². The largest absolute Gasteiger partial charge is 0.436 e.